The molecule has 0 bridgehead atoms. The SMILES string of the molecule is CC[C@@H](N)c1ccc(SCCN(C)C)cc1. The van der Waals surface area contributed by atoms with Gasteiger partial charge in [-0.25, -0.2) is 0 Å². The summed E-state index contributed by atoms with van der Waals surface area (Å²) in [7, 11) is 4.20. The Balaban J connectivity index is 2.45. The summed E-state index contributed by atoms with van der Waals surface area (Å²) in [6, 6.07) is 8.81. The fourth-order valence-electron chi connectivity index (χ4n) is 1.39. The van der Waals surface area contributed by atoms with Gasteiger partial charge < -0.3 is 10.6 Å². The molecule has 1 aromatic rings. The first kappa shape index (κ1) is 13.6. The van der Waals surface area contributed by atoms with Crippen LogP contribution in [0, 0.1) is 0 Å². The molecular formula is C13H22N2S. The Morgan fingerprint density at radius 3 is 2.38 bits per heavy atom. The van der Waals surface area contributed by atoms with Crippen molar-refractivity contribution in [2.45, 2.75) is 24.3 Å². The number of nitrogens with two attached hydrogens (primary N) is 1. The molecular weight excluding hydrogens is 216 g/mol. The van der Waals surface area contributed by atoms with Gasteiger partial charge >= 0.3 is 0 Å². The van der Waals surface area contributed by atoms with Gasteiger partial charge in [-0.1, -0.05) is 19.1 Å². The third kappa shape index (κ3) is 4.56. The molecule has 0 aliphatic heterocycles. The molecule has 1 aromatic carbocycles. The van der Waals surface area contributed by atoms with Gasteiger partial charge in [0.25, 0.3) is 0 Å². The molecule has 0 aliphatic rings. The average molecular weight is 238 g/mol. The van der Waals surface area contributed by atoms with Crippen molar-refractivity contribution in [3.8, 4) is 0 Å². The topological polar surface area (TPSA) is 29.3 Å². The molecule has 1 atom stereocenters. The second-order valence-electron chi connectivity index (χ2n) is 4.24. The zero-order valence-corrected chi connectivity index (χ0v) is 11.3. The van der Waals surface area contributed by atoms with Gasteiger partial charge in [0.15, 0.2) is 0 Å². The highest BCUT2D eigenvalue weighted by molar-refractivity contribution is 7.99. The van der Waals surface area contributed by atoms with Crippen LogP contribution < -0.4 is 5.73 Å². The minimum absolute atomic E-state index is 0.181. The third-order valence-corrected chi connectivity index (χ3v) is 3.55. The summed E-state index contributed by atoms with van der Waals surface area (Å²) in [6.07, 6.45) is 0.993. The molecule has 0 fully saturated rings. The van der Waals surface area contributed by atoms with Gasteiger partial charge in [-0.3, -0.25) is 0 Å². The quantitative estimate of drug-likeness (QED) is 0.773. The molecule has 0 aromatic heterocycles. The highest BCUT2D eigenvalue weighted by Crippen LogP contribution is 2.21. The second kappa shape index (κ2) is 6.94. The Labute approximate surface area is 103 Å². The molecule has 2 N–H and O–H groups in total. The molecule has 3 heteroatoms. The fourth-order valence-corrected chi connectivity index (χ4v) is 2.41. The number of thioether (sulfide) groups is 1. The van der Waals surface area contributed by atoms with Crippen molar-refractivity contribution >= 4 is 11.8 Å². The largest absolute Gasteiger partial charge is 0.324 e. The van der Waals surface area contributed by atoms with Gasteiger partial charge in [-0.05, 0) is 38.2 Å². The van der Waals surface area contributed by atoms with Gasteiger partial charge in [0.05, 0.1) is 0 Å². The van der Waals surface area contributed by atoms with Crippen LogP contribution in [-0.4, -0.2) is 31.3 Å². The minimum atomic E-state index is 0.181. The van der Waals surface area contributed by atoms with Crippen molar-refractivity contribution in [2.24, 2.45) is 5.73 Å². The highest BCUT2D eigenvalue weighted by atomic mass is 32.2. The lowest BCUT2D eigenvalue weighted by atomic mass is 10.1. The van der Waals surface area contributed by atoms with Crippen molar-refractivity contribution in [3.05, 3.63) is 29.8 Å². The molecule has 16 heavy (non-hydrogen) atoms. The minimum Gasteiger partial charge on any atom is -0.324 e. The van der Waals surface area contributed by atoms with Crippen LogP contribution in [0.15, 0.2) is 29.2 Å². The predicted molar refractivity (Wildman–Crippen MR) is 72.9 cm³/mol. The normalized spacial score (nSPS) is 13.1. The Hall–Kier alpha value is -0.510. The first-order valence-electron chi connectivity index (χ1n) is 5.76. The molecule has 90 valence electrons. The van der Waals surface area contributed by atoms with Crippen LogP contribution >= 0.6 is 11.8 Å². The van der Waals surface area contributed by atoms with Gasteiger partial charge in [0, 0.05) is 23.2 Å². The molecule has 0 unspecified atom stereocenters. The van der Waals surface area contributed by atoms with Gasteiger partial charge in [0.2, 0.25) is 0 Å². The van der Waals surface area contributed by atoms with E-state index in [1.807, 2.05) is 11.8 Å². The Kier molecular flexibility index (Phi) is 5.88. The van der Waals surface area contributed by atoms with E-state index in [4.69, 9.17) is 5.73 Å². The first-order chi connectivity index (χ1) is 7.63. The maximum Gasteiger partial charge on any atom is 0.0292 e. The standard InChI is InChI=1S/C13H22N2S/c1-4-13(14)11-5-7-12(8-6-11)16-10-9-15(2)3/h5-8,13H,4,9-10,14H2,1-3H3/t13-/m1/s1. The van der Waals surface area contributed by atoms with E-state index >= 15 is 0 Å². The number of nitrogens with zero attached hydrogens (tertiary/aromatic N) is 1. The van der Waals surface area contributed by atoms with Crippen LogP contribution in [0.5, 0.6) is 0 Å². The lowest BCUT2D eigenvalue weighted by molar-refractivity contribution is 0.437. The van der Waals surface area contributed by atoms with E-state index in [-0.39, 0.29) is 6.04 Å². The maximum absolute atomic E-state index is 5.97. The zero-order chi connectivity index (χ0) is 12.0. The number of rotatable bonds is 6. The molecule has 0 saturated carbocycles. The van der Waals surface area contributed by atoms with Crippen LogP contribution in [0.4, 0.5) is 0 Å². The van der Waals surface area contributed by atoms with E-state index in [2.05, 4.69) is 50.2 Å². The van der Waals surface area contributed by atoms with Crippen molar-refractivity contribution in [3.63, 3.8) is 0 Å². The molecule has 0 spiro atoms. The van der Waals surface area contributed by atoms with Crippen LogP contribution in [0.3, 0.4) is 0 Å². The predicted octanol–water partition coefficient (Wildman–Crippen LogP) is 2.75. The van der Waals surface area contributed by atoms with Gasteiger partial charge in [-0.2, -0.15) is 0 Å². The summed E-state index contributed by atoms with van der Waals surface area (Å²) < 4.78 is 0. The number of benzene rings is 1. The summed E-state index contributed by atoms with van der Waals surface area (Å²) in [5, 5.41) is 0. The lowest BCUT2D eigenvalue weighted by Gasteiger charge is -2.11. The average Bonchev–Trinajstić information content (AvgIpc) is 2.28. The van der Waals surface area contributed by atoms with E-state index < -0.39 is 0 Å². The molecule has 0 heterocycles. The molecule has 0 saturated heterocycles. The monoisotopic (exact) mass is 238 g/mol. The van der Waals surface area contributed by atoms with Crippen LogP contribution in [0.2, 0.25) is 0 Å². The third-order valence-electron chi connectivity index (χ3n) is 2.56. The Morgan fingerprint density at radius 1 is 1.25 bits per heavy atom. The van der Waals surface area contributed by atoms with Crippen LogP contribution in [-0.2, 0) is 0 Å². The van der Waals surface area contributed by atoms with Gasteiger partial charge in [0.1, 0.15) is 0 Å². The summed E-state index contributed by atoms with van der Waals surface area (Å²) in [6.45, 7) is 3.23. The zero-order valence-electron chi connectivity index (χ0n) is 10.4. The summed E-state index contributed by atoms with van der Waals surface area (Å²) in [4.78, 5) is 3.53. The highest BCUT2D eigenvalue weighted by Gasteiger charge is 2.02. The number of hydrogen-bond acceptors (Lipinski definition) is 3. The fraction of sp³-hybridized carbons (Fsp3) is 0.538. The van der Waals surface area contributed by atoms with E-state index in [9.17, 15) is 0 Å². The van der Waals surface area contributed by atoms with Crippen molar-refractivity contribution in [2.75, 3.05) is 26.4 Å². The molecule has 0 radical (unpaired) electrons. The van der Waals surface area contributed by atoms with E-state index in [1.54, 1.807) is 0 Å². The van der Waals surface area contributed by atoms with Crippen LogP contribution in [0.1, 0.15) is 24.9 Å². The molecule has 0 amide bonds. The van der Waals surface area contributed by atoms with Crippen molar-refractivity contribution in [1.29, 1.82) is 0 Å². The van der Waals surface area contributed by atoms with E-state index in [0.717, 1.165) is 18.7 Å². The van der Waals surface area contributed by atoms with Crippen molar-refractivity contribution < 1.29 is 0 Å². The first-order valence-corrected chi connectivity index (χ1v) is 6.75. The van der Waals surface area contributed by atoms with E-state index in [0.29, 0.717) is 0 Å². The Morgan fingerprint density at radius 2 is 1.88 bits per heavy atom. The number of hydrogen-bond donors (Lipinski definition) is 1. The summed E-state index contributed by atoms with van der Waals surface area (Å²) >= 11 is 1.89. The van der Waals surface area contributed by atoms with Gasteiger partial charge in [-0.15, -0.1) is 11.8 Å². The van der Waals surface area contributed by atoms with Crippen molar-refractivity contribution in [1.82, 2.24) is 4.90 Å². The molecule has 2 nitrogen and oxygen atoms in total. The molecule has 0 aliphatic carbocycles. The lowest BCUT2D eigenvalue weighted by Crippen LogP contribution is -2.14. The molecule has 1 rings (SSSR count). The Bertz CT molecular complexity index is 295. The maximum atomic E-state index is 5.97. The summed E-state index contributed by atoms with van der Waals surface area (Å²) in [5.41, 5.74) is 7.21. The van der Waals surface area contributed by atoms with E-state index in [1.165, 1.54) is 10.5 Å². The van der Waals surface area contributed by atoms with Crippen LogP contribution in [0.25, 0.3) is 0 Å². The second-order valence-corrected chi connectivity index (χ2v) is 5.40. The smallest absolute Gasteiger partial charge is 0.0292 e. The summed E-state index contributed by atoms with van der Waals surface area (Å²) in [5.74, 6) is 1.13.